The molecule has 0 fully saturated rings. The number of hydrogen-bond donors (Lipinski definition) is 3. The Morgan fingerprint density at radius 1 is 1.13 bits per heavy atom. The Hall–Kier alpha value is -3.73. The second-order valence-corrected chi connectivity index (χ2v) is 6.62. The molecule has 0 aliphatic heterocycles. The van der Waals surface area contributed by atoms with E-state index in [0.29, 0.717) is 45.7 Å². The number of carbonyl (C=O) groups excluding carboxylic acids is 1. The molecule has 10 nitrogen and oxygen atoms in total. The van der Waals surface area contributed by atoms with Crippen molar-refractivity contribution < 1.29 is 19.0 Å². The normalized spacial score (nSPS) is 10.3. The first kappa shape index (κ1) is 22.0. The number of amides is 2. The predicted octanol–water partition coefficient (Wildman–Crippen LogP) is 3.66. The number of hydrogen-bond acceptors (Lipinski definition) is 9. The van der Waals surface area contributed by atoms with Crippen molar-refractivity contribution in [2.24, 2.45) is 0 Å². The van der Waals surface area contributed by atoms with Crippen LogP contribution >= 0.6 is 12.8 Å². The monoisotopic (exact) mass is 442 g/mol. The smallest absolute Gasteiger partial charge is 0.333 e. The number of methoxy groups -OCH3 is 3. The van der Waals surface area contributed by atoms with Gasteiger partial charge in [-0.3, -0.25) is 9.62 Å². The fraction of sp³-hybridized carbons (Fsp3) is 0.200. The number of anilines is 3. The maximum absolute atomic E-state index is 12.1. The summed E-state index contributed by atoms with van der Waals surface area (Å²) in [6, 6.07) is 6.41. The third kappa shape index (κ3) is 5.07. The molecular weight excluding hydrogens is 420 g/mol. The van der Waals surface area contributed by atoms with Crippen molar-refractivity contribution in [1.29, 1.82) is 0 Å². The fourth-order valence-electron chi connectivity index (χ4n) is 2.71. The molecule has 0 spiro atoms. The lowest BCUT2D eigenvalue weighted by Crippen LogP contribution is -2.27. The van der Waals surface area contributed by atoms with Gasteiger partial charge >= 0.3 is 6.03 Å². The summed E-state index contributed by atoms with van der Waals surface area (Å²) < 4.78 is 17.2. The molecule has 0 atom stereocenters. The van der Waals surface area contributed by atoms with Crippen molar-refractivity contribution in [3.63, 3.8) is 0 Å². The quantitative estimate of drug-likeness (QED) is 0.358. The average Bonchev–Trinajstić information content (AvgIpc) is 2.78. The van der Waals surface area contributed by atoms with Gasteiger partial charge in [0.25, 0.3) is 0 Å². The summed E-state index contributed by atoms with van der Waals surface area (Å²) in [6.07, 6.45) is 3.14. The van der Waals surface area contributed by atoms with Crippen LogP contribution in [0.25, 0.3) is 11.2 Å². The summed E-state index contributed by atoms with van der Waals surface area (Å²) >= 11 is 4.08. The van der Waals surface area contributed by atoms with Gasteiger partial charge in [-0.05, 0) is 12.1 Å². The highest BCUT2D eigenvalue weighted by molar-refractivity contribution is 7.78. The zero-order chi connectivity index (χ0) is 22.4. The highest BCUT2D eigenvalue weighted by atomic mass is 32.1. The number of pyridine rings is 1. The lowest BCUT2D eigenvalue weighted by molar-refractivity contribution is 0.241. The average molecular weight is 443 g/mol. The molecule has 162 valence electrons. The zero-order valence-corrected chi connectivity index (χ0v) is 18.1. The molecule has 31 heavy (non-hydrogen) atoms. The van der Waals surface area contributed by atoms with E-state index >= 15 is 0 Å². The van der Waals surface area contributed by atoms with Crippen LogP contribution < -0.4 is 24.8 Å². The van der Waals surface area contributed by atoms with Crippen LogP contribution in [0.3, 0.4) is 0 Å². The maximum atomic E-state index is 12.1. The van der Waals surface area contributed by atoms with E-state index in [1.165, 1.54) is 25.6 Å². The van der Waals surface area contributed by atoms with Gasteiger partial charge in [-0.25, -0.2) is 19.7 Å². The number of urea groups is 1. The van der Waals surface area contributed by atoms with Crippen LogP contribution in [-0.2, 0) is 0 Å². The predicted molar refractivity (Wildman–Crippen MR) is 122 cm³/mol. The molecule has 2 amide bonds. The van der Waals surface area contributed by atoms with E-state index in [2.05, 4.69) is 45.0 Å². The lowest BCUT2D eigenvalue weighted by Gasteiger charge is -2.15. The summed E-state index contributed by atoms with van der Waals surface area (Å²) in [5.74, 6) is 2.24. The van der Waals surface area contributed by atoms with E-state index in [4.69, 9.17) is 14.2 Å². The highest BCUT2D eigenvalue weighted by Crippen LogP contribution is 2.40. The van der Waals surface area contributed by atoms with Gasteiger partial charge in [0.05, 0.1) is 34.1 Å². The summed E-state index contributed by atoms with van der Waals surface area (Å²) in [5.41, 5.74) is 1.58. The van der Waals surface area contributed by atoms with Crippen molar-refractivity contribution >= 4 is 47.3 Å². The number of nitrogens with zero attached hydrogens (tertiary/aromatic N) is 4. The molecule has 3 aromatic rings. The topological polar surface area (TPSA) is 111 Å². The van der Waals surface area contributed by atoms with E-state index in [1.54, 1.807) is 36.5 Å². The van der Waals surface area contributed by atoms with Gasteiger partial charge in [-0.15, -0.1) is 6.58 Å². The van der Waals surface area contributed by atoms with Crippen LogP contribution in [-0.4, -0.2) is 53.2 Å². The molecule has 0 radical (unpaired) electrons. The van der Waals surface area contributed by atoms with E-state index in [-0.39, 0.29) is 6.54 Å². The first-order valence-electron chi connectivity index (χ1n) is 9.08. The van der Waals surface area contributed by atoms with Crippen LogP contribution in [0.5, 0.6) is 17.2 Å². The third-order valence-corrected chi connectivity index (χ3v) is 4.46. The maximum Gasteiger partial charge on any atom is 0.333 e. The number of aromatic nitrogens is 3. The van der Waals surface area contributed by atoms with Crippen LogP contribution in [0.15, 0.2) is 43.1 Å². The molecule has 11 heteroatoms. The van der Waals surface area contributed by atoms with Gasteiger partial charge in [0.2, 0.25) is 5.75 Å². The largest absolute Gasteiger partial charge is 0.493 e. The number of benzene rings is 1. The molecule has 0 bridgehead atoms. The SMILES string of the molecule is C=CCN(S)C(=O)Nc1ccc2ncc(Nc3cc(OC)c(OC)c(OC)c3)nc2n1. The Kier molecular flexibility index (Phi) is 6.98. The van der Waals surface area contributed by atoms with Crippen molar-refractivity contribution in [2.45, 2.75) is 0 Å². The van der Waals surface area contributed by atoms with Gasteiger partial charge in [0, 0.05) is 17.8 Å². The number of nitrogens with one attached hydrogen (secondary N) is 2. The van der Waals surface area contributed by atoms with E-state index in [0.717, 1.165) is 0 Å². The minimum Gasteiger partial charge on any atom is -0.493 e. The second kappa shape index (κ2) is 9.85. The molecular formula is C20H22N6O4S. The summed E-state index contributed by atoms with van der Waals surface area (Å²) in [5, 5.41) is 5.79. The van der Waals surface area contributed by atoms with Crippen LogP contribution in [0.2, 0.25) is 0 Å². The lowest BCUT2D eigenvalue weighted by atomic mass is 10.2. The minimum absolute atomic E-state index is 0.283. The van der Waals surface area contributed by atoms with Crippen molar-refractivity contribution in [1.82, 2.24) is 19.3 Å². The Bertz CT molecular complexity index is 1090. The van der Waals surface area contributed by atoms with Crippen LogP contribution in [0.4, 0.5) is 22.1 Å². The van der Waals surface area contributed by atoms with Crippen molar-refractivity contribution in [3.8, 4) is 17.2 Å². The molecule has 0 aliphatic carbocycles. The van der Waals surface area contributed by atoms with Crippen LogP contribution in [0.1, 0.15) is 0 Å². The molecule has 2 aromatic heterocycles. The van der Waals surface area contributed by atoms with Gasteiger partial charge in [-0.1, -0.05) is 18.9 Å². The molecule has 3 rings (SSSR count). The number of ether oxygens (including phenoxy) is 3. The second-order valence-electron chi connectivity index (χ2n) is 6.13. The molecule has 0 unspecified atom stereocenters. The number of fused-ring (bicyclic) bond motifs is 1. The van der Waals surface area contributed by atoms with Crippen molar-refractivity contribution in [3.05, 3.63) is 43.1 Å². The van der Waals surface area contributed by atoms with Gasteiger partial charge in [0.15, 0.2) is 23.0 Å². The Labute approximate surface area is 184 Å². The molecule has 0 aliphatic rings. The fourth-order valence-corrected chi connectivity index (χ4v) is 2.87. The number of thiol groups is 1. The summed E-state index contributed by atoms with van der Waals surface area (Å²) in [4.78, 5) is 25.3. The third-order valence-electron chi connectivity index (χ3n) is 4.12. The molecule has 2 N–H and O–H groups in total. The van der Waals surface area contributed by atoms with E-state index in [9.17, 15) is 4.79 Å². The van der Waals surface area contributed by atoms with Gasteiger partial charge < -0.3 is 19.5 Å². The molecule has 2 heterocycles. The Morgan fingerprint density at radius 2 is 1.81 bits per heavy atom. The van der Waals surface area contributed by atoms with E-state index < -0.39 is 6.03 Å². The van der Waals surface area contributed by atoms with Gasteiger partial charge in [0.1, 0.15) is 11.3 Å². The minimum atomic E-state index is -0.435. The highest BCUT2D eigenvalue weighted by Gasteiger charge is 2.14. The summed E-state index contributed by atoms with van der Waals surface area (Å²) in [6.45, 7) is 3.86. The van der Waals surface area contributed by atoms with Gasteiger partial charge in [-0.2, -0.15) is 0 Å². The molecule has 0 saturated carbocycles. The number of carbonyl (C=O) groups is 1. The first-order valence-corrected chi connectivity index (χ1v) is 9.48. The Balaban J connectivity index is 1.87. The van der Waals surface area contributed by atoms with E-state index in [1.807, 2.05) is 0 Å². The van der Waals surface area contributed by atoms with Crippen molar-refractivity contribution in [2.75, 3.05) is 38.5 Å². The molecule has 0 saturated heterocycles. The van der Waals surface area contributed by atoms with Crippen LogP contribution in [0, 0.1) is 0 Å². The zero-order valence-electron chi connectivity index (χ0n) is 17.2. The summed E-state index contributed by atoms with van der Waals surface area (Å²) in [7, 11) is 4.62. The standard InChI is InChI=1S/C20H22N6O4S/c1-5-8-26(31)20(27)25-16-7-6-13-19(23-16)24-17(11-21-13)22-12-9-14(28-2)18(30-4)15(10-12)29-3/h5-7,9-11,31H,1,8H2,2-4H3,(H2,22,23,24,25,27). The first-order chi connectivity index (χ1) is 15.0. The Morgan fingerprint density at radius 3 is 2.42 bits per heavy atom. The number of rotatable bonds is 8. The molecule has 1 aromatic carbocycles.